The molecule has 1 saturated heterocycles. The van der Waals surface area contributed by atoms with Crippen molar-refractivity contribution in [1.29, 1.82) is 0 Å². The lowest BCUT2D eigenvalue weighted by Crippen LogP contribution is -2.47. The third-order valence-electron chi connectivity index (χ3n) is 2.93. The zero-order valence-corrected chi connectivity index (χ0v) is 11.8. The van der Waals surface area contributed by atoms with Crippen LogP contribution in [0.15, 0.2) is 22.7 Å². The van der Waals surface area contributed by atoms with Gasteiger partial charge in [0.25, 0.3) is 0 Å². The predicted molar refractivity (Wildman–Crippen MR) is 72.0 cm³/mol. The zero-order chi connectivity index (χ0) is 13.0. The van der Waals surface area contributed by atoms with Gasteiger partial charge < -0.3 is 14.8 Å². The molecule has 1 atom stereocenters. The standard InChI is InChI=1S/C13H16BrNO3/c1-17-10-2-3-11(14)9(6-10)7-13(16)12-8-18-5-4-15-12/h2-3,6,12,15H,4-5,7-8H2,1H3. The predicted octanol–water partition coefficient (Wildman–Crippen LogP) is 1.56. The number of ketones is 1. The molecule has 1 heterocycles. The van der Waals surface area contributed by atoms with Gasteiger partial charge in [0, 0.05) is 17.4 Å². The summed E-state index contributed by atoms with van der Waals surface area (Å²) in [5.74, 6) is 0.900. The Bertz CT molecular complexity index is 430. The van der Waals surface area contributed by atoms with Crippen molar-refractivity contribution in [2.45, 2.75) is 12.5 Å². The molecule has 0 radical (unpaired) electrons. The Kier molecular flexibility index (Phi) is 4.74. The molecule has 5 heteroatoms. The molecule has 0 amide bonds. The summed E-state index contributed by atoms with van der Waals surface area (Å²) in [7, 11) is 1.62. The van der Waals surface area contributed by atoms with Crippen molar-refractivity contribution in [3.8, 4) is 5.75 Å². The lowest BCUT2D eigenvalue weighted by molar-refractivity contribution is -0.123. The Hall–Kier alpha value is -0.910. The number of methoxy groups -OCH3 is 1. The highest BCUT2D eigenvalue weighted by atomic mass is 79.9. The summed E-state index contributed by atoms with van der Waals surface area (Å²) in [4.78, 5) is 12.1. The van der Waals surface area contributed by atoms with Crippen LogP contribution in [0.4, 0.5) is 0 Å². The van der Waals surface area contributed by atoms with Gasteiger partial charge in [-0.2, -0.15) is 0 Å². The van der Waals surface area contributed by atoms with Crippen molar-refractivity contribution in [2.75, 3.05) is 26.9 Å². The highest BCUT2D eigenvalue weighted by Gasteiger charge is 2.21. The lowest BCUT2D eigenvalue weighted by Gasteiger charge is -2.22. The van der Waals surface area contributed by atoms with Gasteiger partial charge in [0.1, 0.15) is 5.75 Å². The molecule has 1 aromatic carbocycles. The van der Waals surface area contributed by atoms with Crippen molar-refractivity contribution >= 4 is 21.7 Å². The molecule has 1 N–H and O–H groups in total. The van der Waals surface area contributed by atoms with Crippen LogP contribution in [0.1, 0.15) is 5.56 Å². The van der Waals surface area contributed by atoms with Crippen LogP contribution in [0.5, 0.6) is 5.75 Å². The monoisotopic (exact) mass is 313 g/mol. The Morgan fingerprint density at radius 3 is 3.11 bits per heavy atom. The van der Waals surface area contributed by atoms with Crippen molar-refractivity contribution in [3.63, 3.8) is 0 Å². The molecule has 1 aliphatic heterocycles. The van der Waals surface area contributed by atoms with Gasteiger partial charge in [-0.3, -0.25) is 4.79 Å². The molecule has 1 aliphatic rings. The maximum absolute atomic E-state index is 12.1. The van der Waals surface area contributed by atoms with Gasteiger partial charge in [-0.15, -0.1) is 0 Å². The largest absolute Gasteiger partial charge is 0.497 e. The molecule has 4 nitrogen and oxygen atoms in total. The molecule has 0 bridgehead atoms. The molecular formula is C13H16BrNO3. The summed E-state index contributed by atoms with van der Waals surface area (Å²) in [6.07, 6.45) is 0.374. The first-order valence-electron chi connectivity index (χ1n) is 5.87. The SMILES string of the molecule is COc1ccc(Br)c(CC(=O)C2COCCN2)c1. The van der Waals surface area contributed by atoms with E-state index in [0.29, 0.717) is 19.6 Å². The number of Topliss-reactive ketones (excluding diaryl/α,β-unsaturated/α-hetero) is 1. The highest BCUT2D eigenvalue weighted by molar-refractivity contribution is 9.10. The molecule has 0 aliphatic carbocycles. The summed E-state index contributed by atoms with van der Waals surface area (Å²) in [5.41, 5.74) is 0.937. The van der Waals surface area contributed by atoms with Gasteiger partial charge in [-0.25, -0.2) is 0 Å². The fraction of sp³-hybridized carbons (Fsp3) is 0.462. The molecule has 1 aromatic rings. The van der Waals surface area contributed by atoms with Gasteiger partial charge in [0.15, 0.2) is 5.78 Å². The molecule has 0 saturated carbocycles. The number of carbonyl (C=O) groups excluding carboxylic acids is 1. The Morgan fingerprint density at radius 1 is 1.61 bits per heavy atom. The van der Waals surface area contributed by atoms with E-state index in [-0.39, 0.29) is 11.8 Å². The quantitative estimate of drug-likeness (QED) is 0.916. The van der Waals surface area contributed by atoms with Crippen LogP contribution in [0.3, 0.4) is 0 Å². The minimum absolute atomic E-state index is 0.142. The topological polar surface area (TPSA) is 47.6 Å². The van der Waals surface area contributed by atoms with Crippen LogP contribution in [0.25, 0.3) is 0 Å². The number of ether oxygens (including phenoxy) is 2. The number of nitrogens with one attached hydrogen (secondary N) is 1. The summed E-state index contributed by atoms with van der Waals surface area (Å²) in [6.45, 7) is 1.86. The highest BCUT2D eigenvalue weighted by Crippen LogP contribution is 2.23. The minimum Gasteiger partial charge on any atom is -0.497 e. The van der Waals surface area contributed by atoms with Crippen LogP contribution >= 0.6 is 15.9 Å². The second-order valence-corrected chi connectivity index (χ2v) is 5.04. The second-order valence-electron chi connectivity index (χ2n) is 4.18. The molecule has 2 rings (SSSR count). The van der Waals surface area contributed by atoms with Crippen molar-refractivity contribution in [1.82, 2.24) is 5.32 Å². The number of hydrogen-bond acceptors (Lipinski definition) is 4. The van der Waals surface area contributed by atoms with Crippen molar-refractivity contribution < 1.29 is 14.3 Å². The Morgan fingerprint density at radius 2 is 2.44 bits per heavy atom. The van der Waals surface area contributed by atoms with Crippen LogP contribution in [0, 0.1) is 0 Å². The fourth-order valence-electron chi connectivity index (χ4n) is 1.90. The van der Waals surface area contributed by atoms with E-state index in [1.807, 2.05) is 18.2 Å². The molecule has 98 valence electrons. The third-order valence-corrected chi connectivity index (χ3v) is 3.70. The molecule has 18 heavy (non-hydrogen) atoms. The number of benzene rings is 1. The third kappa shape index (κ3) is 3.31. The fourth-order valence-corrected chi connectivity index (χ4v) is 2.28. The van der Waals surface area contributed by atoms with Gasteiger partial charge in [-0.05, 0) is 23.8 Å². The molecular weight excluding hydrogens is 298 g/mol. The number of carbonyl (C=O) groups is 1. The molecule has 0 aromatic heterocycles. The van der Waals surface area contributed by atoms with Crippen LogP contribution in [-0.4, -0.2) is 38.7 Å². The first-order valence-corrected chi connectivity index (χ1v) is 6.66. The average Bonchev–Trinajstić information content (AvgIpc) is 2.42. The minimum atomic E-state index is -0.197. The van der Waals surface area contributed by atoms with Gasteiger partial charge in [0.2, 0.25) is 0 Å². The van der Waals surface area contributed by atoms with Gasteiger partial charge >= 0.3 is 0 Å². The number of hydrogen-bond donors (Lipinski definition) is 1. The van der Waals surface area contributed by atoms with E-state index in [0.717, 1.165) is 22.3 Å². The van der Waals surface area contributed by atoms with Crippen LogP contribution < -0.4 is 10.1 Å². The Labute approximate surface area is 115 Å². The number of halogens is 1. The van der Waals surface area contributed by atoms with Crippen molar-refractivity contribution in [2.24, 2.45) is 0 Å². The van der Waals surface area contributed by atoms with Gasteiger partial charge in [-0.1, -0.05) is 15.9 Å². The van der Waals surface area contributed by atoms with Gasteiger partial charge in [0.05, 0.1) is 26.4 Å². The molecule has 0 spiro atoms. The Balaban J connectivity index is 2.05. The summed E-state index contributed by atoms with van der Waals surface area (Å²) in [6, 6.07) is 5.44. The number of morpholine rings is 1. The molecule has 1 fully saturated rings. The van der Waals surface area contributed by atoms with E-state index in [1.54, 1.807) is 7.11 Å². The molecule has 1 unspecified atom stereocenters. The summed E-state index contributed by atoms with van der Waals surface area (Å²) >= 11 is 3.45. The van der Waals surface area contributed by atoms with Crippen LogP contribution in [0.2, 0.25) is 0 Å². The van der Waals surface area contributed by atoms with E-state index in [2.05, 4.69) is 21.2 Å². The van der Waals surface area contributed by atoms with E-state index >= 15 is 0 Å². The number of rotatable bonds is 4. The smallest absolute Gasteiger partial charge is 0.156 e. The maximum atomic E-state index is 12.1. The van der Waals surface area contributed by atoms with E-state index in [4.69, 9.17) is 9.47 Å². The first kappa shape index (κ1) is 13.5. The van der Waals surface area contributed by atoms with E-state index in [9.17, 15) is 4.79 Å². The normalized spacial score (nSPS) is 19.6. The van der Waals surface area contributed by atoms with Crippen LogP contribution in [-0.2, 0) is 16.0 Å². The first-order chi connectivity index (χ1) is 8.70. The average molecular weight is 314 g/mol. The van der Waals surface area contributed by atoms with Crippen molar-refractivity contribution in [3.05, 3.63) is 28.2 Å². The second kappa shape index (κ2) is 6.31. The van der Waals surface area contributed by atoms with E-state index in [1.165, 1.54) is 0 Å². The summed E-state index contributed by atoms with van der Waals surface area (Å²) < 4.78 is 11.4. The maximum Gasteiger partial charge on any atom is 0.156 e. The lowest BCUT2D eigenvalue weighted by atomic mass is 10.0. The zero-order valence-electron chi connectivity index (χ0n) is 10.2. The van der Waals surface area contributed by atoms with E-state index < -0.39 is 0 Å². The summed E-state index contributed by atoms with van der Waals surface area (Å²) in [5, 5.41) is 3.17.